The lowest BCUT2D eigenvalue weighted by molar-refractivity contribution is 0.673. The van der Waals surface area contributed by atoms with Crippen molar-refractivity contribution >= 4 is 65.3 Å². The van der Waals surface area contributed by atoms with Crippen LogP contribution in [0.3, 0.4) is 0 Å². The summed E-state index contributed by atoms with van der Waals surface area (Å²) in [6.45, 7) is 0. The van der Waals surface area contributed by atoms with E-state index in [0.717, 1.165) is 33.0 Å². The minimum atomic E-state index is 0.913. The first kappa shape index (κ1) is 24.2. The van der Waals surface area contributed by atoms with Crippen molar-refractivity contribution in [1.82, 2.24) is 4.57 Å². The van der Waals surface area contributed by atoms with E-state index in [-0.39, 0.29) is 0 Å². The van der Waals surface area contributed by atoms with Gasteiger partial charge in [0.15, 0.2) is 0 Å². The average Bonchev–Trinajstić information content (AvgIpc) is 3.78. The third kappa shape index (κ3) is 3.01. The maximum atomic E-state index is 6.61. The van der Waals surface area contributed by atoms with E-state index in [9.17, 15) is 0 Å². The quantitative estimate of drug-likeness (QED) is 0.198. The first-order chi connectivity index (χ1) is 22.8. The van der Waals surface area contributed by atoms with Crippen molar-refractivity contribution in [2.45, 2.75) is 0 Å². The summed E-state index contributed by atoms with van der Waals surface area (Å²) in [4.78, 5) is 0. The van der Waals surface area contributed by atoms with Crippen molar-refractivity contribution in [3.63, 3.8) is 0 Å². The minimum absolute atomic E-state index is 0.913. The maximum Gasteiger partial charge on any atom is 0.145 e. The van der Waals surface area contributed by atoms with Crippen LogP contribution >= 0.6 is 0 Å². The van der Waals surface area contributed by atoms with E-state index in [2.05, 4.69) is 156 Å². The molecule has 1 aliphatic carbocycles. The molecule has 212 valence electrons. The fourth-order valence-corrected chi connectivity index (χ4v) is 8.24. The third-order valence-electron chi connectivity index (χ3n) is 10.1. The number of aromatic nitrogens is 1. The van der Waals surface area contributed by atoms with Gasteiger partial charge >= 0.3 is 0 Å². The summed E-state index contributed by atoms with van der Waals surface area (Å²) in [6.07, 6.45) is 0. The molecule has 8 aromatic carbocycles. The van der Waals surface area contributed by atoms with Crippen LogP contribution in [0.2, 0.25) is 0 Å². The Labute approximate surface area is 264 Å². The molecule has 46 heavy (non-hydrogen) atoms. The molecule has 0 N–H and O–H groups in total. The predicted octanol–water partition coefficient (Wildman–Crippen LogP) is 12.3. The first-order valence-corrected chi connectivity index (χ1v) is 15.9. The molecule has 0 spiro atoms. The number of hydrogen-bond acceptors (Lipinski definition) is 1. The molecule has 0 unspecified atom stereocenters. The van der Waals surface area contributed by atoms with Gasteiger partial charge in [-0.2, -0.15) is 0 Å². The summed E-state index contributed by atoms with van der Waals surface area (Å²) in [6, 6.07) is 55.1. The standard InChI is InChI=1S/C44H25NO/c1-2-11-30-29(10-1)32-17-9-16-31-28(24-25-34(30)40(31)32)26-20-22-27(23-21-26)45-38-18-7-5-14-36(38)41-33-12-3-4-13-35(33)44-42(43(41)45)37-15-6-8-19-39(37)46-44/h1-25H. The fourth-order valence-electron chi connectivity index (χ4n) is 8.24. The van der Waals surface area contributed by atoms with Gasteiger partial charge in [0.2, 0.25) is 0 Å². The SMILES string of the molecule is c1ccc2c(c1)-c1cccc3c(-c4ccc(-n5c6ccccc6c6c7ccccc7c7oc8ccccc8c7c65)cc4)ccc-2c13. The second-order valence-electron chi connectivity index (χ2n) is 12.4. The molecular formula is C44H25NO. The molecule has 2 heteroatoms. The topological polar surface area (TPSA) is 18.1 Å². The van der Waals surface area contributed by atoms with E-state index >= 15 is 0 Å². The number of fused-ring (bicyclic) bond motifs is 13. The Kier molecular flexibility index (Phi) is 4.61. The molecule has 0 bridgehead atoms. The van der Waals surface area contributed by atoms with Crippen molar-refractivity contribution in [2.24, 2.45) is 0 Å². The summed E-state index contributed by atoms with van der Waals surface area (Å²) in [7, 11) is 0. The highest BCUT2D eigenvalue weighted by molar-refractivity contribution is 6.35. The molecule has 0 atom stereocenters. The van der Waals surface area contributed by atoms with E-state index in [1.54, 1.807) is 0 Å². The van der Waals surface area contributed by atoms with Gasteiger partial charge in [-0.05, 0) is 73.8 Å². The Morgan fingerprint density at radius 1 is 0.370 bits per heavy atom. The molecule has 0 aliphatic heterocycles. The van der Waals surface area contributed by atoms with Gasteiger partial charge < -0.3 is 8.98 Å². The number of para-hydroxylation sites is 2. The fraction of sp³-hybridized carbons (Fsp3) is 0. The minimum Gasteiger partial charge on any atom is -0.455 e. The van der Waals surface area contributed by atoms with E-state index in [1.165, 1.54) is 71.3 Å². The van der Waals surface area contributed by atoms with Crippen molar-refractivity contribution in [3.05, 3.63) is 152 Å². The van der Waals surface area contributed by atoms with E-state index in [4.69, 9.17) is 4.42 Å². The average molecular weight is 584 g/mol. The lowest BCUT2D eigenvalue weighted by Crippen LogP contribution is -1.94. The molecule has 1 aliphatic rings. The van der Waals surface area contributed by atoms with Gasteiger partial charge in [-0.1, -0.05) is 127 Å². The molecule has 0 radical (unpaired) electrons. The van der Waals surface area contributed by atoms with Gasteiger partial charge in [-0.3, -0.25) is 0 Å². The number of rotatable bonds is 2. The molecule has 2 heterocycles. The Bertz CT molecular complexity index is 2870. The highest BCUT2D eigenvalue weighted by Gasteiger charge is 2.24. The van der Waals surface area contributed by atoms with Crippen LogP contribution in [0.1, 0.15) is 0 Å². The number of furan rings is 1. The van der Waals surface area contributed by atoms with Crippen molar-refractivity contribution in [3.8, 4) is 39.1 Å². The van der Waals surface area contributed by atoms with Crippen LogP contribution in [0.5, 0.6) is 0 Å². The van der Waals surface area contributed by atoms with Crippen LogP contribution in [-0.4, -0.2) is 4.57 Å². The summed E-state index contributed by atoms with van der Waals surface area (Å²) >= 11 is 0. The van der Waals surface area contributed by atoms with Crippen LogP contribution in [0, 0.1) is 0 Å². The maximum absolute atomic E-state index is 6.61. The van der Waals surface area contributed by atoms with Crippen molar-refractivity contribution < 1.29 is 4.42 Å². The van der Waals surface area contributed by atoms with Crippen LogP contribution in [0.4, 0.5) is 0 Å². The van der Waals surface area contributed by atoms with Crippen LogP contribution in [0.15, 0.2) is 156 Å². The van der Waals surface area contributed by atoms with Gasteiger partial charge in [-0.15, -0.1) is 0 Å². The van der Waals surface area contributed by atoms with Crippen LogP contribution < -0.4 is 0 Å². The molecule has 2 nitrogen and oxygen atoms in total. The molecule has 2 aromatic heterocycles. The molecule has 0 fully saturated rings. The number of benzene rings is 8. The zero-order chi connectivity index (χ0) is 29.9. The van der Waals surface area contributed by atoms with Gasteiger partial charge in [0.1, 0.15) is 11.2 Å². The number of nitrogens with zero attached hydrogens (tertiary/aromatic N) is 1. The molecule has 10 aromatic rings. The van der Waals surface area contributed by atoms with E-state index < -0.39 is 0 Å². The highest BCUT2D eigenvalue weighted by atomic mass is 16.3. The van der Waals surface area contributed by atoms with Crippen molar-refractivity contribution in [2.75, 3.05) is 0 Å². The Hall–Kier alpha value is -6.12. The zero-order valence-corrected chi connectivity index (χ0v) is 24.8. The van der Waals surface area contributed by atoms with Gasteiger partial charge in [0, 0.05) is 27.2 Å². The lowest BCUT2D eigenvalue weighted by Gasteiger charge is -2.13. The van der Waals surface area contributed by atoms with Crippen molar-refractivity contribution in [1.29, 1.82) is 0 Å². The van der Waals surface area contributed by atoms with E-state index in [1.807, 2.05) is 0 Å². The lowest BCUT2D eigenvalue weighted by atomic mass is 9.94. The Morgan fingerprint density at radius 2 is 0.978 bits per heavy atom. The molecule has 0 saturated carbocycles. The number of hydrogen-bond donors (Lipinski definition) is 0. The largest absolute Gasteiger partial charge is 0.455 e. The van der Waals surface area contributed by atoms with Gasteiger partial charge in [-0.25, -0.2) is 0 Å². The van der Waals surface area contributed by atoms with Crippen LogP contribution in [-0.2, 0) is 0 Å². The summed E-state index contributed by atoms with van der Waals surface area (Å²) in [5.74, 6) is 0. The predicted molar refractivity (Wildman–Crippen MR) is 193 cm³/mol. The first-order valence-electron chi connectivity index (χ1n) is 15.9. The van der Waals surface area contributed by atoms with Gasteiger partial charge in [0.05, 0.1) is 16.4 Å². The molecular weight excluding hydrogens is 558 g/mol. The summed E-state index contributed by atoms with van der Waals surface area (Å²) in [5.41, 5.74) is 13.2. The monoisotopic (exact) mass is 583 g/mol. The van der Waals surface area contributed by atoms with Gasteiger partial charge in [0.25, 0.3) is 0 Å². The van der Waals surface area contributed by atoms with Crippen LogP contribution in [0.25, 0.3) is 104 Å². The normalized spacial score (nSPS) is 12.3. The van der Waals surface area contributed by atoms with E-state index in [0.29, 0.717) is 0 Å². The zero-order valence-electron chi connectivity index (χ0n) is 24.8. The summed E-state index contributed by atoms with van der Waals surface area (Å²) < 4.78 is 9.05. The highest BCUT2D eigenvalue weighted by Crippen LogP contribution is 2.50. The summed E-state index contributed by atoms with van der Waals surface area (Å²) in [5, 5.41) is 9.83. The third-order valence-corrected chi connectivity index (χ3v) is 10.1. The molecule has 0 amide bonds. The Balaban J connectivity index is 1.19. The second-order valence-corrected chi connectivity index (χ2v) is 12.4. The second kappa shape index (κ2) is 8.74. The smallest absolute Gasteiger partial charge is 0.145 e. The molecule has 0 saturated heterocycles. The Morgan fingerprint density at radius 3 is 1.80 bits per heavy atom. The molecule has 11 rings (SSSR count).